The van der Waals surface area contributed by atoms with Gasteiger partial charge in [0.05, 0.1) is 11.6 Å². The molecule has 2 rings (SSSR count). The summed E-state index contributed by atoms with van der Waals surface area (Å²) < 4.78 is 18.9. The van der Waals surface area contributed by atoms with Gasteiger partial charge in [0.25, 0.3) is 0 Å². The molecule has 16 heavy (non-hydrogen) atoms. The lowest BCUT2D eigenvalue weighted by Crippen LogP contribution is -2.22. The van der Waals surface area contributed by atoms with Crippen LogP contribution in [0.3, 0.4) is 0 Å². The van der Waals surface area contributed by atoms with Crippen LogP contribution in [0.2, 0.25) is 0 Å². The maximum atomic E-state index is 13.3. The summed E-state index contributed by atoms with van der Waals surface area (Å²) in [7, 11) is 1.56. The first-order chi connectivity index (χ1) is 7.54. The Morgan fingerprint density at radius 2 is 2.19 bits per heavy atom. The minimum atomic E-state index is -0.297. The molecular weight excluding hydrogens is 273 g/mol. The first kappa shape index (κ1) is 11.9. The van der Waals surface area contributed by atoms with E-state index >= 15 is 0 Å². The van der Waals surface area contributed by atoms with Gasteiger partial charge in [-0.3, -0.25) is 0 Å². The van der Waals surface area contributed by atoms with Crippen molar-refractivity contribution in [3.63, 3.8) is 0 Å². The molecule has 0 amide bonds. The summed E-state index contributed by atoms with van der Waals surface area (Å²) in [4.78, 5) is 0. The molecule has 1 aliphatic carbocycles. The average molecular weight is 288 g/mol. The highest BCUT2D eigenvalue weighted by Gasteiger charge is 2.37. The van der Waals surface area contributed by atoms with Crippen LogP contribution in [0.1, 0.15) is 24.8 Å². The van der Waals surface area contributed by atoms with Crippen molar-refractivity contribution < 1.29 is 9.13 Å². The van der Waals surface area contributed by atoms with Crippen LogP contribution in [0, 0.1) is 5.82 Å². The largest absolute Gasteiger partial charge is 0.496 e. The van der Waals surface area contributed by atoms with E-state index in [0.717, 1.165) is 31.2 Å². The molecule has 0 radical (unpaired) electrons. The molecular formula is C12H15BrFNO. The molecule has 0 aromatic heterocycles. The molecule has 1 aromatic carbocycles. The number of rotatable bonds is 4. The lowest BCUT2D eigenvalue weighted by Gasteiger charge is -2.12. The Morgan fingerprint density at radius 1 is 1.50 bits per heavy atom. The van der Waals surface area contributed by atoms with Gasteiger partial charge in [-0.2, -0.15) is 0 Å². The predicted molar refractivity (Wildman–Crippen MR) is 65.1 cm³/mol. The molecule has 88 valence electrons. The maximum absolute atomic E-state index is 13.3. The van der Waals surface area contributed by atoms with Crippen LogP contribution in [-0.4, -0.2) is 12.6 Å². The molecule has 1 aromatic rings. The van der Waals surface area contributed by atoms with E-state index in [4.69, 9.17) is 10.5 Å². The molecule has 0 bridgehead atoms. The first-order valence-corrected chi connectivity index (χ1v) is 6.14. The van der Waals surface area contributed by atoms with Gasteiger partial charge in [-0.15, -0.1) is 0 Å². The standard InChI is InChI=1S/C12H15BrFNO/c1-16-11-7-10(14)9(13)6-8(11)2-3-12(15)4-5-12/h6-7H,2-5,15H2,1H3. The average Bonchev–Trinajstić information content (AvgIpc) is 2.98. The fourth-order valence-electron chi connectivity index (χ4n) is 1.75. The maximum Gasteiger partial charge on any atom is 0.141 e. The molecule has 2 nitrogen and oxygen atoms in total. The molecule has 2 N–H and O–H groups in total. The number of nitrogens with two attached hydrogens (primary N) is 1. The number of aryl methyl sites for hydroxylation is 1. The Hall–Kier alpha value is -0.610. The lowest BCUT2D eigenvalue weighted by atomic mass is 10.0. The van der Waals surface area contributed by atoms with E-state index in [1.165, 1.54) is 6.07 Å². The Kier molecular flexibility index (Phi) is 3.22. The zero-order valence-electron chi connectivity index (χ0n) is 9.22. The molecule has 0 aliphatic heterocycles. The first-order valence-electron chi connectivity index (χ1n) is 5.35. The topological polar surface area (TPSA) is 35.2 Å². The van der Waals surface area contributed by atoms with Gasteiger partial charge in [0.15, 0.2) is 0 Å². The van der Waals surface area contributed by atoms with Crippen molar-refractivity contribution in [2.45, 2.75) is 31.2 Å². The monoisotopic (exact) mass is 287 g/mol. The SMILES string of the molecule is COc1cc(F)c(Br)cc1CCC1(N)CC1. The number of benzene rings is 1. The van der Waals surface area contributed by atoms with Crippen molar-refractivity contribution in [2.75, 3.05) is 7.11 Å². The molecule has 0 unspecified atom stereocenters. The van der Waals surface area contributed by atoms with E-state index < -0.39 is 0 Å². The predicted octanol–water partition coefficient (Wildman–Crippen LogP) is 3.02. The fourth-order valence-corrected chi connectivity index (χ4v) is 2.14. The lowest BCUT2D eigenvalue weighted by molar-refractivity contribution is 0.404. The highest BCUT2D eigenvalue weighted by Crippen LogP contribution is 2.38. The van der Waals surface area contributed by atoms with Crippen molar-refractivity contribution in [3.8, 4) is 5.75 Å². The van der Waals surface area contributed by atoms with Gasteiger partial charge >= 0.3 is 0 Å². The second-order valence-corrected chi connectivity index (χ2v) is 5.29. The fraction of sp³-hybridized carbons (Fsp3) is 0.500. The van der Waals surface area contributed by atoms with Crippen LogP contribution in [0.5, 0.6) is 5.75 Å². The summed E-state index contributed by atoms with van der Waals surface area (Å²) in [6.45, 7) is 0. The van der Waals surface area contributed by atoms with Crippen molar-refractivity contribution in [1.82, 2.24) is 0 Å². The summed E-state index contributed by atoms with van der Waals surface area (Å²) in [6, 6.07) is 3.19. The normalized spacial score (nSPS) is 17.2. The summed E-state index contributed by atoms with van der Waals surface area (Å²) in [5.74, 6) is 0.305. The van der Waals surface area contributed by atoms with Crippen molar-refractivity contribution in [3.05, 3.63) is 28.0 Å². The third-order valence-electron chi connectivity index (χ3n) is 3.11. The zero-order chi connectivity index (χ0) is 11.8. The Morgan fingerprint density at radius 3 is 2.75 bits per heavy atom. The van der Waals surface area contributed by atoms with Crippen molar-refractivity contribution in [2.24, 2.45) is 5.73 Å². The van der Waals surface area contributed by atoms with Gasteiger partial charge in [0.1, 0.15) is 11.6 Å². The molecule has 1 aliphatic rings. The van der Waals surface area contributed by atoms with Gasteiger partial charge in [-0.05, 0) is 53.2 Å². The number of methoxy groups -OCH3 is 1. The van der Waals surface area contributed by atoms with Crippen molar-refractivity contribution in [1.29, 1.82) is 0 Å². The summed E-state index contributed by atoms with van der Waals surface area (Å²) in [5, 5.41) is 0. The van der Waals surface area contributed by atoms with Gasteiger partial charge in [0.2, 0.25) is 0 Å². The van der Waals surface area contributed by atoms with E-state index in [1.54, 1.807) is 13.2 Å². The number of hydrogen-bond acceptors (Lipinski definition) is 2. The molecule has 0 atom stereocenters. The van der Waals surface area contributed by atoms with E-state index in [2.05, 4.69) is 15.9 Å². The molecule has 1 fully saturated rings. The van der Waals surface area contributed by atoms with Gasteiger partial charge in [-0.1, -0.05) is 0 Å². The number of hydrogen-bond donors (Lipinski definition) is 1. The van der Waals surface area contributed by atoms with Crippen LogP contribution < -0.4 is 10.5 Å². The summed E-state index contributed by atoms with van der Waals surface area (Å²) in [5.41, 5.74) is 7.05. The highest BCUT2D eigenvalue weighted by molar-refractivity contribution is 9.10. The van der Waals surface area contributed by atoms with Gasteiger partial charge in [0, 0.05) is 11.6 Å². The molecule has 4 heteroatoms. The zero-order valence-corrected chi connectivity index (χ0v) is 10.8. The van der Waals surface area contributed by atoms with Crippen LogP contribution in [-0.2, 0) is 6.42 Å². The molecule has 1 saturated carbocycles. The number of halogens is 2. The third-order valence-corrected chi connectivity index (χ3v) is 3.72. The molecule has 0 spiro atoms. The Bertz CT molecular complexity index is 404. The second-order valence-electron chi connectivity index (χ2n) is 4.44. The third kappa shape index (κ3) is 2.55. The quantitative estimate of drug-likeness (QED) is 0.924. The smallest absolute Gasteiger partial charge is 0.141 e. The van der Waals surface area contributed by atoms with Crippen LogP contribution >= 0.6 is 15.9 Å². The van der Waals surface area contributed by atoms with E-state index in [-0.39, 0.29) is 11.4 Å². The Labute approximate surface area is 103 Å². The summed E-state index contributed by atoms with van der Waals surface area (Å²) >= 11 is 3.18. The van der Waals surface area contributed by atoms with E-state index in [0.29, 0.717) is 10.2 Å². The highest BCUT2D eigenvalue weighted by atomic mass is 79.9. The van der Waals surface area contributed by atoms with E-state index in [9.17, 15) is 4.39 Å². The number of ether oxygens (including phenoxy) is 1. The second kappa shape index (κ2) is 4.34. The summed E-state index contributed by atoms with van der Waals surface area (Å²) in [6.07, 6.45) is 3.95. The molecule has 0 heterocycles. The minimum absolute atomic E-state index is 0.0197. The van der Waals surface area contributed by atoms with Crippen molar-refractivity contribution >= 4 is 15.9 Å². The molecule has 0 saturated heterocycles. The Balaban J connectivity index is 2.14. The van der Waals surface area contributed by atoms with Gasteiger partial charge in [-0.25, -0.2) is 4.39 Å². The van der Waals surface area contributed by atoms with E-state index in [1.807, 2.05) is 0 Å². The van der Waals surface area contributed by atoms with Crippen LogP contribution in [0.15, 0.2) is 16.6 Å². The van der Waals surface area contributed by atoms with Crippen LogP contribution in [0.4, 0.5) is 4.39 Å². The van der Waals surface area contributed by atoms with Crippen LogP contribution in [0.25, 0.3) is 0 Å². The van der Waals surface area contributed by atoms with Gasteiger partial charge < -0.3 is 10.5 Å². The minimum Gasteiger partial charge on any atom is -0.496 e.